The highest BCUT2D eigenvalue weighted by molar-refractivity contribution is 7.09. The zero-order chi connectivity index (χ0) is 16.1. The second kappa shape index (κ2) is 7.04. The van der Waals surface area contributed by atoms with Crippen molar-refractivity contribution in [3.63, 3.8) is 0 Å². The normalized spacial score (nSPS) is 10.3. The second-order valence-electron chi connectivity index (χ2n) is 4.85. The van der Waals surface area contributed by atoms with Gasteiger partial charge < -0.3 is 9.64 Å². The summed E-state index contributed by atoms with van der Waals surface area (Å²) in [6.45, 7) is 2.03. The van der Waals surface area contributed by atoms with Crippen molar-refractivity contribution in [2.45, 2.75) is 13.5 Å². The molecule has 2 rings (SSSR count). The summed E-state index contributed by atoms with van der Waals surface area (Å²) in [5.74, 6) is -0.128. The molecule has 0 N–H and O–H groups in total. The van der Waals surface area contributed by atoms with E-state index < -0.39 is 4.92 Å². The van der Waals surface area contributed by atoms with Crippen LogP contribution >= 0.6 is 11.3 Å². The lowest BCUT2D eigenvalue weighted by atomic mass is 10.2. The first-order chi connectivity index (χ1) is 10.5. The van der Waals surface area contributed by atoms with Crippen molar-refractivity contribution < 1.29 is 14.5 Å². The molecule has 2 aromatic rings. The molecular weight excluding hydrogens is 304 g/mol. The summed E-state index contributed by atoms with van der Waals surface area (Å²) < 4.78 is 5.33. The first kappa shape index (κ1) is 16.0. The lowest BCUT2D eigenvalue weighted by molar-refractivity contribution is -0.385. The van der Waals surface area contributed by atoms with E-state index in [-0.39, 0.29) is 24.0 Å². The van der Waals surface area contributed by atoms with E-state index in [0.29, 0.717) is 6.54 Å². The van der Waals surface area contributed by atoms with Crippen LogP contribution in [0.1, 0.15) is 10.4 Å². The molecule has 116 valence electrons. The molecule has 1 aromatic heterocycles. The monoisotopic (exact) mass is 320 g/mol. The van der Waals surface area contributed by atoms with Crippen molar-refractivity contribution in [3.05, 3.63) is 56.3 Å². The van der Waals surface area contributed by atoms with Crippen LogP contribution in [-0.2, 0) is 11.3 Å². The number of amides is 1. The zero-order valence-electron chi connectivity index (χ0n) is 12.3. The van der Waals surface area contributed by atoms with Gasteiger partial charge in [-0.25, -0.2) is 0 Å². The molecule has 7 heteroatoms. The Morgan fingerprint density at radius 3 is 2.82 bits per heavy atom. The van der Waals surface area contributed by atoms with Gasteiger partial charge in [-0.1, -0.05) is 12.1 Å². The zero-order valence-corrected chi connectivity index (χ0v) is 13.1. The Kier molecular flexibility index (Phi) is 5.11. The molecule has 22 heavy (non-hydrogen) atoms. The number of benzene rings is 1. The van der Waals surface area contributed by atoms with E-state index in [9.17, 15) is 14.9 Å². The molecule has 0 aliphatic heterocycles. The molecule has 1 aromatic carbocycles. The number of nitrogens with zero attached hydrogens (tertiary/aromatic N) is 2. The Bertz CT molecular complexity index is 670. The molecule has 1 heterocycles. The molecule has 0 saturated carbocycles. The highest BCUT2D eigenvalue weighted by atomic mass is 32.1. The highest BCUT2D eigenvalue weighted by Crippen LogP contribution is 2.27. The molecule has 0 radical (unpaired) electrons. The molecule has 0 aliphatic rings. The lowest BCUT2D eigenvalue weighted by Gasteiger charge is -2.16. The largest absolute Gasteiger partial charge is 0.477 e. The summed E-state index contributed by atoms with van der Waals surface area (Å²) >= 11 is 1.57. The van der Waals surface area contributed by atoms with Gasteiger partial charge in [0.2, 0.25) is 0 Å². The van der Waals surface area contributed by atoms with E-state index in [1.54, 1.807) is 31.4 Å². The third-order valence-corrected chi connectivity index (χ3v) is 3.92. The van der Waals surface area contributed by atoms with Gasteiger partial charge in [0, 0.05) is 18.0 Å². The van der Waals surface area contributed by atoms with E-state index in [1.165, 1.54) is 17.0 Å². The molecule has 0 bridgehead atoms. The van der Waals surface area contributed by atoms with Crippen LogP contribution in [0, 0.1) is 17.0 Å². The summed E-state index contributed by atoms with van der Waals surface area (Å²) in [4.78, 5) is 25.1. The maximum absolute atomic E-state index is 12.0. The summed E-state index contributed by atoms with van der Waals surface area (Å²) in [6, 6.07) is 8.52. The average Bonchev–Trinajstić information content (AvgIpc) is 2.98. The minimum absolute atomic E-state index is 0.105. The van der Waals surface area contributed by atoms with Crippen molar-refractivity contribution in [1.29, 1.82) is 0 Å². The quantitative estimate of drug-likeness (QED) is 0.606. The smallest absolute Gasteiger partial charge is 0.311 e. The number of thiophene rings is 1. The van der Waals surface area contributed by atoms with Gasteiger partial charge in [-0.15, -0.1) is 11.3 Å². The van der Waals surface area contributed by atoms with E-state index >= 15 is 0 Å². The second-order valence-corrected chi connectivity index (χ2v) is 5.88. The van der Waals surface area contributed by atoms with Gasteiger partial charge in [0.15, 0.2) is 12.4 Å². The Morgan fingerprint density at radius 2 is 2.18 bits per heavy atom. The van der Waals surface area contributed by atoms with Crippen molar-refractivity contribution in [1.82, 2.24) is 4.90 Å². The van der Waals surface area contributed by atoms with Gasteiger partial charge in [-0.3, -0.25) is 14.9 Å². The Hall–Kier alpha value is -2.41. The van der Waals surface area contributed by atoms with Gasteiger partial charge >= 0.3 is 5.69 Å². The third kappa shape index (κ3) is 4.05. The number of nitro benzene ring substituents is 1. The Morgan fingerprint density at radius 1 is 1.41 bits per heavy atom. The first-order valence-electron chi connectivity index (χ1n) is 6.61. The van der Waals surface area contributed by atoms with Crippen LogP contribution in [0.25, 0.3) is 0 Å². The number of hydrogen-bond donors (Lipinski definition) is 0. The number of likely N-dealkylation sites (N-methyl/N-ethyl adjacent to an activating group) is 1. The first-order valence-corrected chi connectivity index (χ1v) is 7.49. The van der Waals surface area contributed by atoms with Crippen LogP contribution < -0.4 is 4.74 Å². The predicted molar refractivity (Wildman–Crippen MR) is 84.1 cm³/mol. The third-order valence-electron chi connectivity index (χ3n) is 3.06. The highest BCUT2D eigenvalue weighted by Gasteiger charge is 2.17. The number of nitro groups is 1. The number of ether oxygens (including phenoxy) is 1. The maximum atomic E-state index is 12.0. The SMILES string of the molecule is Cc1ccc(OCC(=O)N(C)Cc2cccs2)c([N+](=O)[O-])c1. The Labute approximate surface area is 132 Å². The molecule has 0 unspecified atom stereocenters. The van der Waals surface area contributed by atoms with E-state index in [0.717, 1.165) is 10.4 Å². The Balaban J connectivity index is 1.97. The minimum Gasteiger partial charge on any atom is -0.477 e. The molecular formula is C15H16N2O4S. The fraction of sp³-hybridized carbons (Fsp3) is 0.267. The molecule has 0 fully saturated rings. The fourth-order valence-corrected chi connectivity index (χ4v) is 2.62. The van der Waals surface area contributed by atoms with Crippen molar-refractivity contribution in [2.75, 3.05) is 13.7 Å². The van der Waals surface area contributed by atoms with E-state index in [2.05, 4.69) is 0 Å². The average molecular weight is 320 g/mol. The summed E-state index contributed by atoms with van der Waals surface area (Å²) in [5, 5.41) is 12.9. The maximum Gasteiger partial charge on any atom is 0.311 e. The predicted octanol–water partition coefficient (Wildman–Crippen LogP) is 3.00. The lowest BCUT2D eigenvalue weighted by Crippen LogP contribution is -2.30. The topological polar surface area (TPSA) is 72.7 Å². The van der Waals surface area contributed by atoms with Crippen molar-refractivity contribution in [2.24, 2.45) is 0 Å². The number of aryl methyl sites for hydroxylation is 1. The van der Waals surface area contributed by atoms with Crippen LogP contribution in [0.2, 0.25) is 0 Å². The minimum atomic E-state index is -0.512. The molecule has 0 saturated heterocycles. The molecule has 1 amide bonds. The molecule has 0 spiro atoms. The van der Waals surface area contributed by atoms with E-state index in [4.69, 9.17) is 4.74 Å². The molecule has 0 aliphatic carbocycles. The van der Waals surface area contributed by atoms with Gasteiger partial charge in [0.05, 0.1) is 11.5 Å². The van der Waals surface area contributed by atoms with Gasteiger partial charge in [0.25, 0.3) is 5.91 Å². The van der Waals surface area contributed by atoms with Crippen LogP contribution in [0.5, 0.6) is 5.75 Å². The van der Waals surface area contributed by atoms with Crippen LogP contribution in [0.4, 0.5) is 5.69 Å². The van der Waals surface area contributed by atoms with Gasteiger partial charge in [-0.2, -0.15) is 0 Å². The van der Waals surface area contributed by atoms with Crippen LogP contribution in [-0.4, -0.2) is 29.4 Å². The number of carbonyl (C=O) groups is 1. The van der Waals surface area contributed by atoms with Gasteiger partial charge in [-0.05, 0) is 30.0 Å². The number of hydrogen-bond acceptors (Lipinski definition) is 5. The fourth-order valence-electron chi connectivity index (χ4n) is 1.87. The summed E-state index contributed by atoms with van der Waals surface area (Å²) in [6.07, 6.45) is 0. The standard InChI is InChI=1S/C15H16N2O4S/c1-11-5-6-14(13(8-11)17(19)20)21-10-15(18)16(2)9-12-4-3-7-22-12/h3-8H,9-10H2,1-2H3. The van der Waals surface area contributed by atoms with Crippen molar-refractivity contribution >= 4 is 22.9 Å². The van der Waals surface area contributed by atoms with Crippen molar-refractivity contribution in [3.8, 4) is 5.75 Å². The molecule has 6 nitrogen and oxygen atoms in total. The summed E-state index contributed by atoms with van der Waals surface area (Å²) in [5.41, 5.74) is 0.633. The molecule has 0 atom stereocenters. The van der Waals surface area contributed by atoms with E-state index in [1.807, 2.05) is 17.5 Å². The van der Waals surface area contributed by atoms with Crippen LogP contribution in [0.15, 0.2) is 35.7 Å². The summed E-state index contributed by atoms with van der Waals surface area (Å²) in [7, 11) is 1.68. The number of rotatable bonds is 6. The van der Waals surface area contributed by atoms with Crippen LogP contribution in [0.3, 0.4) is 0 Å². The number of carbonyl (C=O) groups excluding carboxylic acids is 1. The van der Waals surface area contributed by atoms with Gasteiger partial charge in [0.1, 0.15) is 0 Å².